The number of aliphatic hydroxyl groups is 1. The molecule has 0 aromatic carbocycles. The molecule has 1 saturated carbocycles. The number of morpholine rings is 1. The molecule has 2 heterocycles. The number of carbonyl (C=O) groups is 1. The second-order valence-electron chi connectivity index (χ2n) is 5.71. The molecule has 0 bridgehead atoms. The third-order valence-electron chi connectivity index (χ3n) is 4.40. The quantitative estimate of drug-likeness (QED) is 0.893. The minimum atomic E-state index is -0.324. The predicted molar refractivity (Wildman–Crippen MR) is 72.4 cm³/mol. The van der Waals surface area contributed by atoms with Crippen LogP contribution in [0.5, 0.6) is 0 Å². The van der Waals surface area contributed by atoms with Crippen LogP contribution in [0.25, 0.3) is 0 Å². The van der Waals surface area contributed by atoms with Crippen LogP contribution in [0.4, 0.5) is 0 Å². The van der Waals surface area contributed by atoms with E-state index in [4.69, 9.17) is 9.15 Å². The van der Waals surface area contributed by atoms with Crippen molar-refractivity contribution in [3.8, 4) is 0 Å². The summed E-state index contributed by atoms with van der Waals surface area (Å²) >= 11 is 0. The zero-order valence-corrected chi connectivity index (χ0v) is 11.7. The number of carbonyl (C=O) groups excluding carboxylic acids is 1. The zero-order chi connectivity index (χ0) is 14.1. The summed E-state index contributed by atoms with van der Waals surface area (Å²) in [5.41, 5.74) is 0. The fourth-order valence-corrected chi connectivity index (χ4v) is 3.34. The maximum Gasteiger partial charge on any atom is 0.289 e. The minimum Gasteiger partial charge on any atom is -0.456 e. The van der Waals surface area contributed by atoms with Crippen LogP contribution in [0.3, 0.4) is 0 Å². The SMILES string of the molecule is Cc1ccc(C(=O)N2CCOC[C@@H]2[C@H]2CCC[C@@H]2O)o1. The summed E-state index contributed by atoms with van der Waals surface area (Å²) in [6, 6.07) is 3.47. The van der Waals surface area contributed by atoms with Gasteiger partial charge in [-0.25, -0.2) is 0 Å². The van der Waals surface area contributed by atoms with E-state index in [1.54, 1.807) is 12.1 Å². The summed E-state index contributed by atoms with van der Waals surface area (Å²) in [5, 5.41) is 10.1. The van der Waals surface area contributed by atoms with E-state index in [2.05, 4.69) is 0 Å². The largest absolute Gasteiger partial charge is 0.456 e. The van der Waals surface area contributed by atoms with Gasteiger partial charge in [-0.2, -0.15) is 0 Å². The van der Waals surface area contributed by atoms with E-state index in [9.17, 15) is 9.90 Å². The molecule has 3 rings (SSSR count). The first-order chi connectivity index (χ1) is 9.66. The molecule has 2 aliphatic rings. The molecule has 20 heavy (non-hydrogen) atoms. The van der Waals surface area contributed by atoms with E-state index in [1.165, 1.54) is 0 Å². The van der Waals surface area contributed by atoms with Crippen molar-refractivity contribution in [2.24, 2.45) is 5.92 Å². The second kappa shape index (κ2) is 5.58. The van der Waals surface area contributed by atoms with Crippen LogP contribution in [0, 0.1) is 12.8 Å². The lowest BCUT2D eigenvalue weighted by Gasteiger charge is -2.39. The molecule has 1 saturated heterocycles. The molecule has 0 spiro atoms. The number of nitrogens with zero attached hydrogens (tertiary/aromatic N) is 1. The number of rotatable bonds is 2. The average molecular weight is 279 g/mol. The van der Waals surface area contributed by atoms with Crippen LogP contribution in [0.1, 0.15) is 35.6 Å². The molecule has 110 valence electrons. The number of aliphatic hydroxyl groups excluding tert-OH is 1. The van der Waals surface area contributed by atoms with Gasteiger partial charge in [-0.05, 0) is 31.9 Å². The number of aryl methyl sites for hydroxylation is 1. The van der Waals surface area contributed by atoms with Crippen LogP contribution in [0.15, 0.2) is 16.5 Å². The van der Waals surface area contributed by atoms with Crippen molar-refractivity contribution in [3.05, 3.63) is 23.7 Å². The minimum absolute atomic E-state index is 0.0424. The Balaban J connectivity index is 1.79. The number of ether oxygens (including phenoxy) is 1. The average Bonchev–Trinajstić information content (AvgIpc) is 3.07. The molecule has 2 fully saturated rings. The monoisotopic (exact) mass is 279 g/mol. The summed E-state index contributed by atoms with van der Waals surface area (Å²) in [7, 11) is 0. The topological polar surface area (TPSA) is 62.9 Å². The van der Waals surface area contributed by atoms with Crippen LogP contribution >= 0.6 is 0 Å². The molecule has 3 atom stereocenters. The Morgan fingerprint density at radius 1 is 1.40 bits per heavy atom. The van der Waals surface area contributed by atoms with Crippen molar-refractivity contribution in [3.63, 3.8) is 0 Å². The Morgan fingerprint density at radius 2 is 2.25 bits per heavy atom. The molecular formula is C15H21NO4. The van der Waals surface area contributed by atoms with Gasteiger partial charge < -0.3 is 19.2 Å². The summed E-state index contributed by atoms with van der Waals surface area (Å²) in [4.78, 5) is 14.4. The lowest BCUT2D eigenvalue weighted by Crippen LogP contribution is -2.53. The fourth-order valence-electron chi connectivity index (χ4n) is 3.34. The fraction of sp³-hybridized carbons (Fsp3) is 0.667. The zero-order valence-electron chi connectivity index (χ0n) is 11.7. The van der Waals surface area contributed by atoms with E-state index in [0.29, 0.717) is 25.5 Å². The lowest BCUT2D eigenvalue weighted by atomic mass is 9.94. The predicted octanol–water partition coefficient (Wildman–Crippen LogP) is 1.59. The Hall–Kier alpha value is -1.33. The number of hydrogen-bond acceptors (Lipinski definition) is 4. The smallest absolute Gasteiger partial charge is 0.289 e. The van der Waals surface area contributed by atoms with Crippen molar-refractivity contribution < 1.29 is 19.1 Å². The molecule has 0 unspecified atom stereocenters. The van der Waals surface area contributed by atoms with Gasteiger partial charge in [-0.3, -0.25) is 4.79 Å². The Morgan fingerprint density at radius 3 is 2.90 bits per heavy atom. The summed E-state index contributed by atoms with van der Waals surface area (Å²) in [6.07, 6.45) is 2.47. The third-order valence-corrected chi connectivity index (χ3v) is 4.40. The van der Waals surface area contributed by atoms with Gasteiger partial charge in [0, 0.05) is 12.5 Å². The first kappa shape index (κ1) is 13.6. The van der Waals surface area contributed by atoms with Gasteiger partial charge in [0.15, 0.2) is 5.76 Å². The number of furan rings is 1. The Kier molecular flexibility index (Phi) is 3.81. The van der Waals surface area contributed by atoms with Gasteiger partial charge in [0.05, 0.1) is 25.4 Å². The highest BCUT2D eigenvalue weighted by Crippen LogP contribution is 2.32. The normalized spacial score (nSPS) is 30.7. The number of amides is 1. The molecule has 5 heteroatoms. The molecular weight excluding hydrogens is 258 g/mol. The first-order valence-corrected chi connectivity index (χ1v) is 7.30. The summed E-state index contributed by atoms with van der Waals surface area (Å²) in [5.74, 6) is 1.14. The van der Waals surface area contributed by atoms with Crippen LogP contribution in [-0.4, -0.2) is 47.8 Å². The van der Waals surface area contributed by atoms with Gasteiger partial charge in [0.1, 0.15) is 5.76 Å². The van der Waals surface area contributed by atoms with E-state index in [1.807, 2.05) is 11.8 Å². The van der Waals surface area contributed by atoms with Gasteiger partial charge in [-0.1, -0.05) is 6.42 Å². The van der Waals surface area contributed by atoms with Crippen molar-refractivity contribution in [2.45, 2.75) is 38.3 Å². The molecule has 1 aliphatic heterocycles. The van der Waals surface area contributed by atoms with E-state index in [-0.39, 0.29) is 24.0 Å². The first-order valence-electron chi connectivity index (χ1n) is 7.30. The maximum atomic E-state index is 12.6. The third kappa shape index (κ3) is 2.47. The molecule has 1 N–H and O–H groups in total. The number of hydrogen-bond donors (Lipinski definition) is 1. The van der Waals surface area contributed by atoms with Gasteiger partial charge in [-0.15, -0.1) is 0 Å². The highest BCUT2D eigenvalue weighted by molar-refractivity contribution is 5.91. The second-order valence-corrected chi connectivity index (χ2v) is 5.71. The highest BCUT2D eigenvalue weighted by Gasteiger charge is 2.40. The van der Waals surface area contributed by atoms with Crippen molar-refractivity contribution in [1.82, 2.24) is 4.90 Å². The summed E-state index contributed by atoms with van der Waals surface area (Å²) < 4.78 is 11.0. The van der Waals surface area contributed by atoms with Crippen molar-refractivity contribution >= 4 is 5.91 Å². The standard InChI is InChI=1S/C15H21NO4/c1-10-5-6-14(20-10)15(18)16-7-8-19-9-12(16)11-3-2-4-13(11)17/h5-6,11-13,17H,2-4,7-9H2,1H3/t11-,12-,13+/m1/s1. The Labute approximate surface area is 118 Å². The molecule has 1 amide bonds. The van der Waals surface area contributed by atoms with E-state index >= 15 is 0 Å². The van der Waals surface area contributed by atoms with E-state index in [0.717, 1.165) is 25.0 Å². The van der Waals surface area contributed by atoms with Gasteiger partial charge in [0.2, 0.25) is 0 Å². The van der Waals surface area contributed by atoms with Crippen LogP contribution in [-0.2, 0) is 4.74 Å². The molecule has 1 aromatic heterocycles. The maximum absolute atomic E-state index is 12.6. The van der Waals surface area contributed by atoms with Gasteiger partial charge in [0.25, 0.3) is 5.91 Å². The molecule has 1 aliphatic carbocycles. The van der Waals surface area contributed by atoms with Crippen molar-refractivity contribution in [1.29, 1.82) is 0 Å². The van der Waals surface area contributed by atoms with E-state index < -0.39 is 0 Å². The van der Waals surface area contributed by atoms with Crippen LogP contribution in [0.2, 0.25) is 0 Å². The Bertz CT molecular complexity index is 484. The molecule has 1 aromatic rings. The van der Waals surface area contributed by atoms with Crippen LogP contribution < -0.4 is 0 Å². The highest BCUT2D eigenvalue weighted by atomic mass is 16.5. The van der Waals surface area contributed by atoms with Gasteiger partial charge >= 0.3 is 0 Å². The lowest BCUT2D eigenvalue weighted by molar-refractivity contribution is -0.0394. The molecule has 5 nitrogen and oxygen atoms in total. The van der Waals surface area contributed by atoms with Crippen molar-refractivity contribution in [2.75, 3.05) is 19.8 Å². The molecule has 0 radical (unpaired) electrons. The summed E-state index contributed by atoms with van der Waals surface area (Å²) in [6.45, 7) is 3.44.